The molecule has 0 atom stereocenters. The maximum absolute atomic E-state index is 10.6. The van der Waals surface area contributed by atoms with Gasteiger partial charge in [0.05, 0.1) is 5.92 Å². The van der Waals surface area contributed by atoms with Crippen molar-refractivity contribution in [3.63, 3.8) is 0 Å². The van der Waals surface area contributed by atoms with Crippen LogP contribution in [0.2, 0.25) is 0 Å². The van der Waals surface area contributed by atoms with Crippen molar-refractivity contribution in [2.45, 2.75) is 65.0 Å². The molecule has 174 valence electrons. The molecule has 2 heterocycles. The average Bonchev–Trinajstić information content (AvgIpc) is 2.66. The second-order valence-corrected chi connectivity index (χ2v) is 10.8. The van der Waals surface area contributed by atoms with Crippen molar-refractivity contribution in [1.82, 2.24) is 10.2 Å². The van der Waals surface area contributed by atoms with E-state index in [9.17, 15) is 9.59 Å². The van der Waals surface area contributed by atoms with Gasteiger partial charge >= 0.3 is 5.97 Å². The number of rotatable bonds is 2. The van der Waals surface area contributed by atoms with Gasteiger partial charge in [-0.3, -0.25) is 9.59 Å². The van der Waals surface area contributed by atoms with Crippen molar-refractivity contribution in [3.05, 3.63) is 33.8 Å². The summed E-state index contributed by atoms with van der Waals surface area (Å²) in [5, 5.41) is 12.0. The molecule has 1 spiro atoms. The molecule has 3 aliphatic rings. The van der Waals surface area contributed by atoms with Crippen LogP contribution >= 0.6 is 15.9 Å². The van der Waals surface area contributed by atoms with Gasteiger partial charge in [-0.2, -0.15) is 0 Å². The monoisotopic (exact) mass is 496 g/mol. The van der Waals surface area contributed by atoms with Gasteiger partial charge in [-0.1, -0.05) is 22.0 Å². The fraction of sp³-hybridized carbons (Fsp3) is 0.667. The number of fused-ring (bicyclic) bond motifs is 1. The Bertz CT molecular complexity index is 734. The van der Waals surface area contributed by atoms with Gasteiger partial charge < -0.3 is 20.1 Å². The fourth-order valence-electron chi connectivity index (χ4n) is 4.34. The zero-order chi connectivity index (χ0) is 23.1. The van der Waals surface area contributed by atoms with E-state index in [0.717, 1.165) is 32.5 Å². The summed E-state index contributed by atoms with van der Waals surface area (Å²) in [5.74, 6) is -0.637. The topological polar surface area (TPSA) is 78.9 Å². The number of piperidine rings is 1. The van der Waals surface area contributed by atoms with Crippen LogP contribution in [0.3, 0.4) is 0 Å². The number of ether oxygens (including phenoxy) is 1. The Kier molecular flexibility index (Phi) is 9.52. The fourth-order valence-corrected chi connectivity index (χ4v) is 4.75. The summed E-state index contributed by atoms with van der Waals surface area (Å²) in [7, 11) is 2.17. The zero-order valence-corrected chi connectivity index (χ0v) is 20.8. The van der Waals surface area contributed by atoms with Crippen molar-refractivity contribution in [3.8, 4) is 0 Å². The Morgan fingerprint density at radius 2 is 1.90 bits per heavy atom. The molecule has 0 amide bonds. The highest BCUT2D eigenvalue weighted by Crippen LogP contribution is 2.51. The number of aliphatic carboxylic acids is 1. The first-order chi connectivity index (χ1) is 14.5. The number of nitrogens with one attached hydrogen (secondary N) is 1. The molecule has 1 aliphatic carbocycles. The van der Waals surface area contributed by atoms with Gasteiger partial charge in [0.1, 0.15) is 5.60 Å². The molecule has 1 saturated heterocycles. The number of benzene rings is 1. The summed E-state index contributed by atoms with van der Waals surface area (Å²) >= 11 is 3.49. The molecule has 0 radical (unpaired) electrons. The highest BCUT2D eigenvalue weighted by Gasteiger charge is 2.47. The smallest absolute Gasteiger partial charge is 0.306 e. The number of carboxylic acids is 1. The first-order valence-electron chi connectivity index (χ1n) is 11.0. The van der Waals surface area contributed by atoms with E-state index < -0.39 is 5.97 Å². The van der Waals surface area contributed by atoms with Crippen molar-refractivity contribution < 1.29 is 19.4 Å². The minimum atomic E-state index is -0.598. The highest BCUT2D eigenvalue weighted by molar-refractivity contribution is 9.10. The molecule has 4 rings (SSSR count). The van der Waals surface area contributed by atoms with Crippen molar-refractivity contribution in [2.75, 3.05) is 26.7 Å². The third kappa shape index (κ3) is 8.54. The largest absolute Gasteiger partial charge is 0.481 e. The van der Waals surface area contributed by atoms with Gasteiger partial charge in [-0.05, 0) is 102 Å². The van der Waals surface area contributed by atoms with Crippen molar-refractivity contribution in [2.24, 2.45) is 11.3 Å². The van der Waals surface area contributed by atoms with Gasteiger partial charge in [-0.15, -0.1) is 0 Å². The summed E-state index contributed by atoms with van der Waals surface area (Å²) in [5.41, 5.74) is 3.07. The van der Waals surface area contributed by atoms with Crippen LogP contribution < -0.4 is 5.32 Å². The molecule has 6 nitrogen and oxygen atoms in total. The second-order valence-electron chi connectivity index (χ2n) is 9.92. The molecule has 0 aromatic heterocycles. The van der Waals surface area contributed by atoms with Crippen LogP contribution in [-0.4, -0.2) is 54.7 Å². The lowest BCUT2D eigenvalue weighted by molar-refractivity contribution is -0.151. The lowest BCUT2D eigenvalue weighted by Crippen LogP contribution is -2.47. The van der Waals surface area contributed by atoms with Crippen molar-refractivity contribution >= 4 is 28.4 Å². The lowest BCUT2D eigenvalue weighted by Gasteiger charge is -2.48. The zero-order valence-electron chi connectivity index (χ0n) is 19.2. The first-order valence-corrected chi connectivity index (χ1v) is 11.8. The Balaban J connectivity index is 0.000000173. The summed E-state index contributed by atoms with van der Waals surface area (Å²) in [4.78, 5) is 22.5. The number of halogens is 1. The molecule has 1 aromatic rings. The predicted octanol–water partition coefficient (Wildman–Crippen LogP) is 4.25. The third-order valence-electron chi connectivity index (χ3n) is 6.15. The molecule has 1 aromatic carbocycles. The van der Waals surface area contributed by atoms with Crippen LogP contribution in [0.1, 0.15) is 57.6 Å². The van der Waals surface area contributed by atoms with Crippen LogP contribution in [0.15, 0.2) is 22.7 Å². The van der Waals surface area contributed by atoms with E-state index in [4.69, 9.17) is 5.11 Å². The number of hydrogen-bond acceptors (Lipinski definition) is 5. The van der Waals surface area contributed by atoms with Gasteiger partial charge in [-0.25, -0.2) is 0 Å². The molecule has 1 saturated carbocycles. The number of carbonyl (C=O) groups excluding carboxylic acids is 1. The molecular formula is C24H37BrN2O4. The second kappa shape index (κ2) is 11.4. The van der Waals surface area contributed by atoms with E-state index in [1.807, 2.05) is 20.8 Å². The quantitative estimate of drug-likeness (QED) is 0.595. The summed E-state index contributed by atoms with van der Waals surface area (Å²) in [6.07, 6.45) is 5.39. The minimum absolute atomic E-state index is 0.0388. The Hall–Kier alpha value is -1.44. The van der Waals surface area contributed by atoms with Crippen LogP contribution in [0.25, 0.3) is 0 Å². The summed E-state index contributed by atoms with van der Waals surface area (Å²) in [6.45, 7) is 10.4. The van der Waals surface area contributed by atoms with Gasteiger partial charge in [0.25, 0.3) is 6.47 Å². The van der Waals surface area contributed by atoms with Crippen LogP contribution in [0, 0.1) is 11.3 Å². The number of likely N-dealkylation sites (N-methyl/N-ethyl adjacent to an activating group) is 1. The van der Waals surface area contributed by atoms with E-state index in [1.54, 1.807) is 0 Å². The van der Waals surface area contributed by atoms with Gasteiger partial charge in [0, 0.05) is 17.6 Å². The predicted molar refractivity (Wildman–Crippen MR) is 126 cm³/mol. The summed E-state index contributed by atoms with van der Waals surface area (Å²) < 4.78 is 5.74. The standard InChI is InChI=1S/C10H12BrN.C9H15NO2.C5H10O2/c1-12-5-4-8-2-3-10(11)6-9(8)7-12;11-8(12)7-5-9(6-7)1-3-10-4-2-9;1-5(2,3)7-4-6/h2-3,6H,4-5,7H2,1H3;7,10H,1-6H2,(H,11,12);4H,1-3H3. The van der Waals surface area contributed by atoms with E-state index in [-0.39, 0.29) is 11.5 Å². The van der Waals surface area contributed by atoms with E-state index in [2.05, 4.69) is 56.1 Å². The lowest BCUT2D eigenvalue weighted by atomic mass is 9.58. The molecule has 2 N–H and O–H groups in total. The van der Waals surface area contributed by atoms with Crippen molar-refractivity contribution in [1.29, 1.82) is 0 Å². The van der Waals surface area contributed by atoms with Crippen LogP contribution in [0.4, 0.5) is 0 Å². The molecule has 0 bridgehead atoms. The van der Waals surface area contributed by atoms with Gasteiger partial charge in [0.2, 0.25) is 0 Å². The maximum Gasteiger partial charge on any atom is 0.306 e. The SMILES string of the molecule is CC(C)(C)OC=O.CN1CCc2ccc(Br)cc2C1.O=C(O)C1CC2(CCNCC2)C1. The Labute approximate surface area is 194 Å². The number of nitrogens with zero attached hydrogens (tertiary/aromatic N) is 1. The summed E-state index contributed by atoms with van der Waals surface area (Å²) in [6, 6.07) is 6.58. The molecule has 31 heavy (non-hydrogen) atoms. The Morgan fingerprint density at radius 3 is 2.42 bits per heavy atom. The van der Waals surface area contributed by atoms with E-state index in [1.165, 1.54) is 41.4 Å². The van der Waals surface area contributed by atoms with Gasteiger partial charge in [0.15, 0.2) is 0 Å². The minimum Gasteiger partial charge on any atom is -0.481 e. The molecule has 2 fully saturated rings. The molecular weight excluding hydrogens is 460 g/mol. The molecule has 0 unspecified atom stereocenters. The highest BCUT2D eigenvalue weighted by atomic mass is 79.9. The maximum atomic E-state index is 10.6. The number of hydrogen-bond donors (Lipinski definition) is 2. The average molecular weight is 497 g/mol. The van der Waals surface area contributed by atoms with Crippen LogP contribution in [0.5, 0.6) is 0 Å². The number of carboxylic acid groups (broad SMARTS) is 1. The van der Waals surface area contributed by atoms with Crippen LogP contribution in [-0.2, 0) is 27.3 Å². The first kappa shape index (κ1) is 25.8. The van der Waals surface area contributed by atoms with E-state index in [0.29, 0.717) is 11.9 Å². The molecule has 2 aliphatic heterocycles. The number of carbonyl (C=O) groups is 2. The normalized spacial score (nSPS) is 20.2. The third-order valence-corrected chi connectivity index (χ3v) is 6.64. The molecule has 7 heteroatoms. The Morgan fingerprint density at radius 1 is 1.26 bits per heavy atom. The van der Waals surface area contributed by atoms with E-state index >= 15 is 0 Å².